The summed E-state index contributed by atoms with van der Waals surface area (Å²) in [6.07, 6.45) is 0. The molecule has 104 valence electrons. The fourth-order valence-corrected chi connectivity index (χ4v) is 4.13. The molecule has 1 heterocycles. The van der Waals surface area contributed by atoms with Crippen molar-refractivity contribution in [3.05, 3.63) is 52.1 Å². The summed E-state index contributed by atoms with van der Waals surface area (Å²) in [6.45, 7) is 0. The van der Waals surface area contributed by atoms with Gasteiger partial charge in [0.2, 0.25) is 0 Å². The lowest BCUT2D eigenvalue weighted by molar-refractivity contribution is 0.415. The zero-order valence-electron chi connectivity index (χ0n) is 11.9. The SMILES string of the molecule is COc1ccc2c(c1)c1c3ccccc3cc(I)c1n2C. The maximum atomic E-state index is 5.41. The number of aromatic nitrogens is 1. The average Bonchev–Trinajstić information content (AvgIpc) is 2.81. The molecule has 0 saturated heterocycles. The minimum absolute atomic E-state index is 0.901. The molecule has 0 fully saturated rings. The molecule has 4 aromatic rings. The van der Waals surface area contributed by atoms with Crippen LogP contribution in [0.5, 0.6) is 5.75 Å². The molecule has 2 nitrogen and oxygen atoms in total. The Balaban J connectivity index is 2.35. The van der Waals surface area contributed by atoms with E-state index in [1.165, 1.54) is 36.1 Å². The number of hydrogen-bond donors (Lipinski definition) is 0. The number of aryl methyl sites for hydroxylation is 1. The van der Waals surface area contributed by atoms with Crippen molar-refractivity contribution >= 4 is 55.2 Å². The van der Waals surface area contributed by atoms with Crippen molar-refractivity contribution < 1.29 is 4.74 Å². The number of rotatable bonds is 1. The van der Waals surface area contributed by atoms with Crippen LogP contribution in [0.15, 0.2) is 48.5 Å². The van der Waals surface area contributed by atoms with Crippen LogP contribution in [0.1, 0.15) is 0 Å². The molecular formula is C18H14INO. The van der Waals surface area contributed by atoms with E-state index in [1.54, 1.807) is 7.11 Å². The van der Waals surface area contributed by atoms with Crippen molar-refractivity contribution in [1.29, 1.82) is 0 Å². The largest absolute Gasteiger partial charge is 0.497 e. The van der Waals surface area contributed by atoms with Gasteiger partial charge >= 0.3 is 0 Å². The highest BCUT2D eigenvalue weighted by Crippen LogP contribution is 2.38. The van der Waals surface area contributed by atoms with E-state index in [-0.39, 0.29) is 0 Å². The number of methoxy groups -OCH3 is 1. The smallest absolute Gasteiger partial charge is 0.119 e. The summed E-state index contributed by atoms with van der Waals surface area (Å²) in [6, 6.07) is 17.1. The van der Waals surface area contributed by atoms with Gasteiger partial charge in [0, 0.05) is 26.9 Å². The molecule has 0 aliphatic carbocycles. The van der Waals surface area contributed by atoms with E-state index >= 15 is 0 Å². The summed E-state index contributed by atoms with van der Waals surface area (Å²) in [5.41, 5.74) is 2.53. The number of ether oxygens (including phenoxy) is 1. The summed E-state index contributed by atoms with van der Waals surface area (Å²) in [4.78, 5) is 0. The first-order valence-electron chi connectivity index (χ1n) is 6.84. The second kappa shape index (κ2) is 4.63. The van der Waals surface area contributed by atoms with Crippen LogP contribution in [0.25, 0.3) is 32.6 Å². The zero-order valence-corrected chi connectivity index (χ0v) is 14.0. The summed E-state index contributed by atoms with van der Waals surface area (Å²) >= 11 is 2.43. The lowest BCUT2D eigenvalue weighted by atomic mass is 10.0. The molecule has 0 aliphatic rings. The molecule has 0 atom stereocenters. The van der Waals surface area contributed by atoms with E-state index in [1.807, 2.05) is 6.07 Å². The van der Waals surface area contributed by atoms with Gasteiger partial charge in [-0.15, -0.1) is 0 Å². The van der Waals surface area contributed by atoms with Gasteiger partial charge in [-0.2, -0.15) is 0 Å². The first kappa shape index (κ1) is 13.0. The van der Waals surface area contributed by atoms with Crippen molar-refractivity contribution in [1.82, 2.24) is 4.57 Å². The van der Waals surface area contributed by atoms with E-state index in [4.69, 9.17) is 4.74 Å². The van der Waals surface area contributed by atoms with E-state index in [0.29, 0.717) is 0 Å². The maximum absolute atomic E-state index is 5.41. The topological polar surface area (TPSA) is 14.2 Å². The minimum atomic E-state index is 0.901. The molecule has 3 heteroatoms. The number of nitrogens with zero attached hydrogens (tertiary/aromatic N) is 1. The van der Waals surface area contributed by atoms with Gasteiger partial charge in [-0.1, -0.05) is 24.3 Å². The highest BCUT2D eigenvalue weighted by Gasteiger charge is 2.14. The van der Waals surface area contributed by atoms with Gasteiger partial charge in [-0.25, -0.2) is 0 Å². The van der Waals surface area contributed by atoms with Crippen LogP contribution in [0.2, 0.25) is 0 Å². The molecule has 0 unspecified atom stereocenters. The minimum Gasteiger partial charge on any atom is -0.497 e. The molecule has 21 heavy (non-hydrogen) atoms. The molecule has 0 aliphatic heterocycles. The quantitative estimate of drug-likeness (QED) is 0.415. The molecule has 1 aromatic heterocycles. The van der Waals surface area contributed by atoms with Gasteiger partial charge in [0.1, 0.15) is 5.75 Å². The Labute approximate surface area is 136 Å². The van der Waals surface area contributed by atoms with Crippen LogP contribution in [0, 0.1) is 3.57 Å². The van der Waals surface area contributed by atoms with Crippen LogP contribution in [0.4, 0.5) is 0 Å². The fraction of sp³-hybridized carbons (Fsp3) is 0.111. The molecular weight excluding hydrogens is 373 g/mol. The summed E-state index contributed by atoms with van der Waals surface area (Å²) in [7, 11) is 3.85. The third-order valence-corrected chi connectivity index (χ3v) is 4.97. The predicted molar refractivity (Wildman–Crippen MR) is 97.2 cm³/mol. The highest BCUT2D eigenvalue weighted by molar-refractivity contribution is 14.1. The van der Waals surface area contributed by atoms with Crippen LogP contribution < -0.4 is 4.74 Å². The Bertz CT molecular complexity index is 1000. The standard InChI is InChI=1S/C18H14INO/c1-20-16-8-7-12(21-2)10-14(16)17-13-6-4-3-5-11(13)9-15(19)18(17)20/h3-10H,1-2H3. The Morgan fingerprint density at radius 1 is 1.00 bits per heavy atom. The second-order valence-electron chi connectivity index (χ2n) is 5.25. The van der Waals surface area contributed by atoms with E-state index in [2.05, 4.69) is 76.7 Å². The van der Waals surface area contributed by atoms with Crippen molar-refractivity contribution in [2.75, 3.05) is 7.11 Å². The Hall–Kier alpha value is -1.75. The number of benzene rings is 3. The third-order valence-electron chi connectivity index (χ3n) is 4.15. The highest BCUT2D eigenvalue weighted by atomic mass is 127. The van der Waals surface area contributed by atoms with E-state index in [9.17, 15) is 0 Å². The molecule has 0 saturated carbocycles. The summed E-state index contributed by atoms with van der Waals surface area (Å²) < 4.78 is 8.96. The molecule has 0 spiro atoms. The first-order valence-corrected chi connectivity index (χ1v) is 7.92. The van der Waals surface area contributed by atoms with E-state index < -0.39 is 0 Å². The van der Waals surface area contributed by atoms with Gasteiger partial charge in [0.25, 0.3) is 0 Å². The molecule has 0 bridgehead atoms. The molecule has 0 N–H and O–H groups in total. The molecule has 3 aromatic carbocycles. The van der Waals surface area contributed by atoms with Gasteiger partial charge in [-0.05, 0) is 57.6 Å². The fourth-order valence-electron chi connectivity index (χ4n) is 3.16. The zero-order chi connectivity index (χ0) is 14.6. The summed E-state index contributed by atoms with van der Waals surface area (Å²) in [5, 5.41) is 5.15. The van der Waals surface area contributed by atoms with Gasteiger partial charge in [0.05, 0.1) is 12.6 Å². The summed E-state index contributed by atoms with van der Waals surface area (Å²) in [5.74, 6) is 0.901. The number of fused-ring (bicyclic) bond motifs is 5. The van der Waals surface area contributed by atoms with Crippen molar-refractivity contribution in [2.45, 2.75) is 0 Å². The van der Waals surface area contributed by atoms with Crippen LogP contribution >= 0.6 is 22.6 Å². The van der Waals surface area contributed by atoms with Crippen LogP contribution in [-0.2, 0) is 7.05 Å². The van der Waals surface area contributed by atoms with Gasteiger partial charge in [0.15, 0.2) is 0 Å². The number of halogens is 1. The Morgan fingerprint density at radius 3 is 2.62 bits per heavy atom. The van der Waals surface area contributed by atoms with Crippen LogP contribution in [-0.4, -0.2) is 11.7 Å². The van der Waals surface area contributed by atoms with Crippen molar-refractivity contribution in [3.63, 3.8) is 0 Å². The second-order valence-corrected chi connectivity index (χ2v) is 6.41. The van der Waals surface area contributed by atoms with Gasteiger partial charge in [-0.3, -0.25) is 0 Å². The Kier molecular flexibility index (Phi) is 2.85. The number of hydrogen-bond acceptors (Lipinski definition) is 1. The maximum Gasteiger partial charge on any atom is 0.119 e. The van der Waals surface area contributed by atoms with Crippen molar-refractivity contribution in [3.8, 4) is 5.75 Å². The molecule has 0 amide bonds. The Morgan fingerprint density at radius 2 is 1.81 bits per heavy atom. The lowest BCUT2D eigenvalue weighted by Crippen LogP contribution is -1.89. The predicted octanol–water partition coefficient (Wildman–Crippen LogP) is 5.10. The van der Waals surface area contributed by atoms with Crippen molar-refractivity contribution in [2.24, 2.45) is 7.05 Å². The van der Waals surface area contributed by atoms with Crippen LogP contribution in [0.3, 0.4) is 0 Å². The third kappa shape index (κ3) is 1.77. The lowest BCUT2D eigenvalue weighted by Gasteiger charge is -2.04. The van der Waals surface area contributed by atoms with E-state index in [0.717, 1.165) is 5.75 Å². The normalized spacial score (nSPS) is 11.6. The molecule has 0 radical (unpaired) electrons. The monoisotopic (exact) mass is 387 g/mol. The first-order chi connectivity index (χ1) is 10.2. The molecule has 4 rings (SSSR count). The average molecular weight is 387 g/mol. The van der Waals surface area contributed by atoms with Gasteiger partial charge < -0.3 is 9.30 Å².